The molecule has 0 bridgehead atoms. The topological polar surface area (TPSA) is 0 Å². The fourth-order valence-electron chi connectivity index (χ4n) is 2.43. The quantitative estimate of drug-likeness (QED) is 0.580. The second-order valence-corrected chi connectivity index (χ2v) is 5.07. The Morgan fingerprint density at radius 1 is 1.31 bits per heavy atom. The molecule has 0 aromatic rings. The van der Waals surface area contributed by atoms with E-state index >= 15 is 0 Å². The summed E-state index contributed by atoms with van der Waals surface area (Å²) in [6.45, 7) is -0.430. The lowest BCUT2D eigenvalue weighted by Crippen LogP contribution is -2.28. The molecule has 1 aliphatic rings. The van der Waals surface area contributed by atoms with E-state index in [1.807, 2.05) is 0 Å². The molecule has 78 valence electrons. The number of halogens is 3. The van der Waals surface area contributed by atoms with E-state index in [1.54, 1.807) is 0 Å². The zero-order chi connectivity index (χ0) is 10.1. The monoisotopic (exact) mass is 193 g/mol. The molecule has 1 aliphatic carbocycles. The molecule has 0 N–H and O–H groups in total. The van der Waals surface area contributed by atoms with E-state index in [0.717, 1.165) is 25.7 Å². The predicted octanol–water partition coefficient (Wildman–Crippen LogP) is 4.05. The smallest absolute Gasteiger partial charge is 0.449 e. The van der Waals surface area contributed by atoms with Gasteiger partial charge in [0.05, 0.1) is 0 Å². The Morgan fingerprint density at radius 3 is 2.38 bits per heavy atom. The largest absolute Gasteiger partial charge is 0.478 e. The van der Waals surface area contributed by atoms with Crippen molar-refractivity contribution in [1.82, 2.24) is 0 Å². The maximum atomic E-state index is 12.2. The minimum absolute atomic E-state index is 0.108. The molecule has 1 atom stereocenters. The standard InChI is InChI=1S/C9H17BF3/c1-9(2)5-3-4-8(6-9)7-10(11,12)13/h8H,3-7H2,1-2H3/q-1. The second-order valence-electron chi connectivity index (χ2n) is 5.07. The third-order valence-electron chi connectivity index (χ3n) is 2.91. The van der Waals surface area contributed by atoms with Crippen molar-refractivity contribution >= 4 is 6.98 Å². The zero-order valence-electron chi connectivity index (χ0n) is 8.32. The third kappa shape index (κ3) is 4.05. The van der Waals surface area contributed by atoms with Crippen LogP contribution in [0.2, 0.25) is 6.32 Å². The molecule has 0 amide bonds. The van der Waals surface area contributed by atoms with Crippen molar-refractivity contribution in [2.75, 3.05) is 0 Å². The Bertz CT molecular complexity index is 172. The molecule has 0 radical (unpaired) electrons. The van der Waals surface area contributed by atoms with Crippen molar-refractivity contribution in [1.29, 1.82) is 0 Å². The van der Waals surface area contributed by atoms with Crippen LogP contribution in [0.4, 0.5) is 12.9 Å². The van der Waals surface area contributed by atoms with E-state index in [2.05, 4.69) is 13.8 Å². The minimum Gasteiger partial charge on any atom is -0.449 e. The first-order valence-electron chi connectivity index (χ1n) is 4.99. The molecule has 0 aromatic heterocycles. The van der Waals surface area contributed by atoms with Crippen LogP contribution in [-0.2, 0) is 0 Å². The van der Waals surface area contributed by atoms with E-state index in [4.69, 9.17) is 0 Å². The summed E-state index contributed by atoms with van der Waals surface area (Å²) in [6.07, 6.45) is 3.03. The van der Waals surface area contributed by atoms with Crippen LogP contribution in [0, 0.1) is 11.3 Å². The van der Waals surface area contributed by atoms with Gasteiger partial charge in [-0.2, -0.15) is 0 Å². The maximum absolute atomic E-state index is 12.2. The van der Waals surface area contributed by atoms with E-state index in [9.17, 15) is 12.9 Å². The molecule has 0 heterocycles. The van der Waals surface area contributed by atoms with Gasteiger partial charge in [0.25, 0.3) is 0 Å². The van der Waals surface area contributed by atoms with Gasteiger partial charge in [-0.05, 0) is 18.3 Å². The van der Waals surface area contributed by atoms with E-state index in [1.165, 1.54) is 0 Å². The Kier molecular flexibility index (Phi) is 2.98. The Labute approximate surface area is 78.0 Å². The summed E-state index contributed by atoms with van der Waals surface area (Å²) >= 11 is 0. The number of hydrogen-bond donors (Lipinski definition) is 0. The first-order chi connectivity index (χ1) is 5.79. The average Bonchev–Trinajstić information content (AvgIpc) is 1.79. The fourth-order valence-corrected chi connectivity index (χ4v) is 2.43. The van der Waals surface area contributed by atoms with Crippen molar-refractivity contribution in [2.45, 2.75) is 45.9 Å². The Morgan fingerprint density at radius 2 is 1.92 bits per heavy atom. The van der Waals surface area contributed by atoms with Crippen molar-refractivity contribution in [3.8, 4) is 0 Å². The van der Waals surface area contributed by atoms with Crippen LogP contribution in [0.15, 0.2) is 0 Å². The van der Waals surface area contributed by atoms with Gasteiger partial charge >= 0.3 is 6.98 Å². The highest BCUT2D eigenvalue weighted by Gasteiger charge is 2.33. The van der Waals surface area contributed by atoms with Gasteiger partial charge in [-0.25, -0.2) is 0 Å². The first-order valence-corrected chi connectivity index (χ1v) is 4.99. The molecule has 0 nitrogen and oxygen atoms in total. The highest BCUT2D eigenvalue weighted by atomic mass is 19.4. The highest BCUT2D eigenvalue weighted by molar-refractivity contribution is 6.58. The maximum Gasteiger partial charge on any atom is 0.478 e. The normalized spacial score (nSPS) is 28.8. The van der Waals surface area contributed by atoms with Gasteiger partial charge in [0, 0.05) is 0 Å². The molecule has 4 heteroatoms. The molecular weight excluding hydrogens is 176 g/mol. The van der Waals surface area contributed by atoms with Crippen molar-refractivity contribution < 1.29 is 12.9 Å². The molecule has 1 rings (SSSR count). The van der Waals surface area contributed by atoms with Crippen LogP contribution < -0.4 is 0 Å². The zero-order valence-corrected chi connectivity index (χ0v) is 8.32. The third-order valence-corrected chi connectivity index (χ3v) is 2.91. The van der Waals surface area contributed by atoms with Gasteiger partial charge in [0.1, 0.15) is 0 Å². The molecule has 1 saturated carbocycles. The van der Waals surface area contributed by atoms with Gasteiger partial charge in [-0.1, -0.05) is 38.9 Å². The van der Waals surface area contributed by atoms with E-state index < -0.39 is 13.3 Å². The predicted molar refractivity (Wildman–Crippen MR) is 49.6 cm³/mol. The molecule has 0 aliphatic heterocycles. The van der Waals surface area contributed by atoms with Crippen LogP contribution in [0.3, 0.4) is 0 Å². The van der Waals surface area contributed by atoms with Gasteiger partial charge in [0.15, 0.2) is 0 Å². The van der Waals surface area contributed by atoms with Gasteiger partial charge < -0.3 is 12.9 Å². The van der Waals surface area contributed by atoms with Crippen molar-refractivity contribution in [3.05, 3.63) is 0 Å². The lowest BCUT2D eigenvalue weighted by Gasteiger charge is -2.37. The van der Waals surface area contributed by atoms with Crippen LogP contribution in [0.5, 0.6) is 0 Å². The van der Waals surface area contributed by atoms with Crippen LogP contribution in [0.1, 0.15) is 39.5 Å². The fraction of sp³-hybridized carbons (Fsp3) is 1.00. The molecular formula is C9H17BF3-. The summed E-state index contributed by atoms with van der Waals surface area (Å²) < 4.78 is 36.5. The van der Waals surface area contributed by atoms with E-state index in [-0.39, 0.29) is 11.3 Å². The Hall–Kier alpha value is -0.145. The van der Waals surface area contributed by atoms with Crippen LogP contribution in [-0.4, -0.2) is 6.98 Å². The molecule has 1 fully saturated rings. The first kappa shape index (κ1) is 10.9. The SMILES string of the molecule is CC1(C)CCCC(C[B-](F)(F)F)C1. The molecule has 1 unspecified atom stereocenters. The lowest BCUT2D eigenvalue weighted by molar-refractivity contribution is 0.184. The minimum atomic E-state index is -4.57. The van der Waals surface area contributed by atoms with E-state index in [0.29, 0.717) is 0 Å². The molecule has 0 saturated heterocycles. The average molecular weight is 193 g/mol. The number of rotatable bonds is 2. The van der Waals surface area contributed by atoms with Crippen LogP contribution in [0.25, 0.3) is 0 Å². The highest BCUT2D eigenvalue weighted by Crippen LogP contribution is 2.42. The summed E-state index contributed by atoms with van der Waals surface area (Å²) in [6, 6.07) is 0. The number of hydrogen-bond acceptors (Lipinski definition) is 0. The summed E-state index contributed by atoms with van der Waals surface area (Å²) in [5.74, 6) is -0.108. The molecule has 0 aromatic carbocycles. The summed E-state index contributed by atoms with van der Waals surface area (Å²) in [5.41, 5.74) is 0.129. The van der Waals surface area contributed by atoms with Gasteiger partial charge in [0.2, 0.25) is 0 Å². The summed E-state index contributed by atoms with van der Waals surface area (Å²) in [7, 11) is 0. The van der Waals surface area contributed by atoms with Gasteiger partial charge in [-0.15, -0.1) is 0 Å². The van der Waals surface area contributed by atoms with Crippen molar-refractivity contribution in [3.63, 3.8) is 0 Å². The van der Waals surface area contributed by atoms with Gasteiger partial charge in [-0.3, -0.25) is 0 Å². The molecule has 13 heavy (non-hydrogen) atoms. The lowest BCUT2D eigenvalue weighted by atomic mass is 9.65. The van der Waals surface area contributed by atoms with Crippen LogP contribution >= 0.6 is 0 Å². The summed E-state index contributed by atoms with van der Waals surface area (Å²) in [5, 5.41) is 0. The second kappa shape index (κ2) is 3.54. The Balaban J connectivity index is 2.44. The summed E-state index contributed by atoms with van der Waals surface area (Å²) in [4.78, 5) is 0. The molecule has 0 spiro atoms. The van der Waals surface area contributed by atoms with Crippen molar-refractivity contribution in [2.24, 2.45) is 11.3 Å².